The second-order valence-electron chi connectivity index (χ2n) is 6.76. The van der Waals surface area contributed by atoms with Gasteiger partial charge in [-0.2, -0.15) is 0 Å². The van der Waals surface area contributed by atoms with Crippen molar-refractivity contribution < 1.29 is 9.21 Å². The maximum atomic E-state index is 12.1. The summed E-state index contributed by atoms with van der Waals surface area (Å²) >= 11 is 1.31. The van der Waals surface area contributed by atoms with E-state index < -0.39 is 0 Å². The zero-order valence-electron chi connectivity index (χ0n) is 13.5. The second-order valence-corrected chi connectivity index (χ2v) is 7.69. The third kappa shape index (κ3) is 3.64. The maximum Gasteiger partial charge on any atom is 0.277 e. The van der Waals surface area contributed by atoms with Gasteiger partial charge in [0.1, 0.15) is 0 Å². The number of thioether (sulfide) groups is 1. The number of hydrogen-bond donors (Lipinski definition) is 1. The largest absolute Gasteiger partial charge is 0.416 e. The van der Waals surface area contributed by atoms with Gasteiger partial charge in [-0.25, -0.2) is 0 Å². The van der Waals surface area contributed by atoms with Crippen molar-refractivity contribution in [3.05, 3.63) is 41.8 Å². The molecule has 5 nitrogen and oxygen atoms in total. The monoisotopic (exact) mass is 343 g/mol. The van der Waals surface area contributed by atoms with Gasteiger partial charge >= 0.3 is 0 Å². The molecule has 1 aromatic heterocycles. The van der Waals surface area contributed by atoms with Crippen molar-refractivity contribution in [1.82, 2.24) is 15.5 Å². The number of aromatic nitrogens is 2. The molecular formula is C18H21N3O2S. The Bertz CT molecular complexity index is 703. The number of benzene rings is 1. The Morgan fingerprint density at radius 2 is 2.08 bits per heavy atom. The van der Waals surface area contributed by atoms with E-state index in [-0.39, 0.29) is 5.91 Å². The Hall–Kier alpha value is -1.82. The first kappa shape index (κ1) is 15.7. The molecule has 2 aliphatic rings. The van der Waals surface area contributed by atoms with E-state index in [1.807, 2.05) is 30.3 Å². The Balaban J connectivity index is 1.25. The van der Waals surface area contributed by atoms with E-state index in [0.717, 1.165) is 17.9 Å². The van der Waals surface area contributed by atoms with E-state index in [0.29, 0.717) is 35.2 Å². The molecule has 1 heterocycles. The van der Waals surface area contributed by atoms with Crippen molar-refractivity contribution in [3.8, 4) is 0 Å². The Labute approximate surface area is 145 Å². The van der Waals surface area contributed by atoms with Gasteiger partial charge in [0.25, 0.3) is 5.22 Å². The molecule has 1 amide bonds. The first-order valence-corrected chi connectivity index (χ1v) is 9.53. The first-order valence-electron chi connectivity index (χ1n) is 8.55. The smallest absolute Gasteiger partial charge is 0.277 e. The molecule has 2 aromatic rings. The van der Waals surface area contributed by atoms with Crippen LogP contribution in [0.25, 0.3) is 0 Å². The molecular weight excluding hydrogens is 322 g/mol. The summed E-state index contributed by atoms with van der Waals surface area (Å²) in [5.41, 5.74) is 1.13. The minimum Gasteiger partial charge on any atom is -0.416 e. The van der Waals surface area contributed by atoms with E-state index in [1.54, 1.807) is 0 Å². The molecule has 2 fully saturated rings. The number of hydrogen-bond acceptors (Lipinski definition) is 5. The molecule has 1 N–H and O–H groups in total. The highest BCUT2D eigenvalue weighted by Crippen LogP contribution is 2.44. The van der Waals surface area contributed by atoms with Crippen molar-refractivity contribution in [3.63, 3.8) is 0 Å². The molecule has 2 saturated carbocycles. The lowest BCUT2D eigenvalue weighted by atomic mass is 9.95. The normalized spacial score (nSPS) is 25.1. The number of nitrogens with one attached hydrogen (secondary N) is 1. The number of nitrogens with zero attached hydrogens (tertiary/aromatic N) is 2. The van der Waals surface area contributed by atoms with Gasteiger partial charge in [-0.15, -0.1) is 10.2 Å². The summed E-state index contributed by atoms with van der Waals surface area (Å²) in [6, 6.07) is 10.4. The fourth-order valence-corrected chi connectivity index (χ4v) is 4.53. The molecule has 1 aromatic carbocycles. The van der Waals surface area contributed by atoms with Crippen LogP contribution in [-0.4, -0.2) is 27.9 Å². The summed E-state index contributed by atoms with van der Waals surface area (Å²) in [5.74, 6) is 2.52. The van der Waals surface area contributed by atoms with Crippen LogP contribution in [0.2, 0.25) is 0 Å². The van der Waals surface area contributed by atoms with Crippen LogP contribution < -0.4 is 5.32 Å². The number of amides is 1. The van der Waals surface area contributed by atoms with Crippen molar-refractivity contribution in [2.45, 2.75) is 43.4 Å². The molecule has 126 valence electrons. The lowest BCUT2D eigenvalue weighted by molar-refractivity contribution is -0.119. The van der Waals surface area contributed by atoms with Crippen LogP contribution in [0.1, 0.15) is 37.1 Å². The van der Waals surface area contributed by atoms with Crippen LogP contribution in [-0.2, 0) is 11.2 Å². The van der Waals surface area contributed by atoms with Gasteiger partial charge < -0.3 is 9.73 Å². The molecule has 2 bridgehead atoms. The number of fused-ring (bicyclic) bond motifs is 2. The molecule has 0 saturated heterocycles. The predicted octanol–water partition coefficient (Wildman–Crippen LogP) is 3.06. The summed E-state index contributed by atoms with van der Waals surface area (Å²) in [6.07, 6.45) is 5.69. The highest BCUT2D eigenvalue weighted by molar-refractivity contribution is 7.99. The highest BCUT2D eigenvalue weighted by atomic mass is 32.2. The molecule has 3 atom stereocenters. The Kier molecular flexibility index (Phi) is 4.56. The fraction of sp³-hybridized carbons (Fsp3) is 0.500. The highest BCUT2D eigenvalue weighted by Gasteiger charge is 2.40. The van der Waals surface area contributed by atoms with Crippen LogP contribution in [0.15, 0.2) is 40.0 Å². The molecule has 2 aliphatic carbocycles. The SMILES string of the molecule is O=C(CSc1nnc(Cc2ccccc2)o1)N[C@H]1C[C@@H]2CC[C@H]1C2. The number of carbonyl (C=O) groups is 1. The standard InChI is InChI=1S/C18H21N3O2S/c22-16(19-15-9-13-6-7-14(15)8-13)11-24-18-21-20-17(23-18)10-12-4-2-1-3-5-12/h1-5,13-15H,6-11H2,(H,19,22)/t13-,14+,15+/m1/s1. The third-order valence-electron chi connectivity index (χ3n) is 5.06. The van der Waals surface area contributed by atoms with Gasteiger partial charge in [0, 0.05) is 6.04 Å². The van der Waals surface area contributed by atoms with Crippen molar-refractivity contribution in [2.75, 3.05) is 5.75 Å². The average Bonchev–Trinajstić information content (AvgIpc) is 3.31. The van der Waals surface area contributed by atoms with Crippen LogP contribution in [0.5, 0.6) is 0 Å². The van der Waals surface area contributed by atoms with E-state index in [4.69, 9.17) is 4.42 Å². The summed E-state index contributed by atoms with van der Waals surface area (Å²) in [4.78, 5) is 12.1. The number of rotatable bonds is 6. The minimum absolute atomic E-state index is 0.0698. The third-order valence-corrected chi connectivity index (χ3v) is 5.88. The van der Waals surface area contributed by atoms with Crippen LogP contribution in [0.3, 0.4) is 0 Å². The molecule has 6 heteroatoms. The topological polar surface area (TPSA) is 68.0 Å². The molecule has 0 aliphatic heterocycles. The van der Waals surface area contributed by atoms with Crippen LogP contribution in [0.4, 0.5) is 0 Å². The van der Waals surface area contributed by atoms with E-state index in [9.17, 15) is 4.79 Å². The van der Waals surface area contributed by atoms with Gasteiger partial charge in [0.2, 0.25) is 11.8 Å². The van der Waals surface area contributed by atoms with Crippen molar-refractivity contribution >= 4 is 17.7 Å². The first-order chi connectivity index (χ1) is 11.8. The molecule has 0 radical (unpaired) electrons. The minimum atomic E-state index is 0.0698. The van der Waals surface area contributed by atoms with Crippen LogP contribution >= 0.6 is 11.8 Å². The van der Waals surface area contributed by atoms with Crippen LogP contribution in [0, 0.1) is 11.8 Å². The molecule has 0 spiro atoms. The summed E-state index contributed by atoms with van der Waals surface area (Å²) < 4.78 is 5.62. The van der Waals surface area contributed by atoms with E-state index >= 15 is 0 Å². The zero-order chi connectivity index (χ0) is 16.4. The molecule has 24 heavy (non-hydrogen) atoms. The lowest BCUT2D eigenvalue weighted by Crippen LogP contribution is -2.39. The van der Waals surface area contributed by atoms with Gasteiger partial charge in [-0.3, -0.25) is 4.79 Å². The second kappa shape index (κ2) is 6.97. The quantitative estimate of drug-likeness (QED) is 0.817. The maximum absolute atomic E-state index is 12.1. The fourth-order valence-electron chi connectivity index (χ4n) is 3.94. The van der Waals surface area contributed by atoms with Gasteiger partial charge in [-0.05, 0) is 36.7 Å². The van der Waals surface area contributed by atoms with Gasteiger partial charge in [0.05, 0.1) is 12.2 Å². The Morgan fingerprint density at radius 1 is 1.21 bits per heavy atom. The van der Waals surface area contributed by atoms with Crippen molar-refractivity contribution in [1.29, 1.82) is 0 Å². The summed E-state index contributed by atoms with van der Waals surface area (Å²) in [5, 5.41) is 11.7. The number of carbonyl (C=O) groups excluding carboxylic acids is 1. The Morgan fingerprint density at radius 3 is 2.83 bits per heavy atom. The summed E-state index contributed by atoms with van der Waals surface area (Å²) in [7, 11) is 0. The molecule has 0 unspecified atom stereocenters. The predicted molar refractivity (Wildman–Crippen MR) is 91.6 cm³/mol. The average molecular weight is 343 g/mol. The zero-order valence-corrected chi connectivity index (χ0v) is 14.3. The van der Waals surface area contributed by atoms with E-state index in [1.165, 1.54) is 31.0 Å². The lowest BCUT2D eigenvalue weighted by Gasteiger charge is -2.22. The molecule has 4 rings (SSSR count). The van der Waals surface area contributed by atoms with E-state index in [2.05, 4.69) is 15.5 Å². The summed E-state index contributed by atoms with van der Waals surface area (Å²) in [6.45, 7) is 0. The van der Waals surface area contributed by atoms with Gasteiger partial charge in [-0.1, -0.05) is 48.5 Å². The van der Waals surface area contributed by atoms with Gasteiger partial charge in [0.15, 0.2) is 0 Å². The van der Waals surface area contributed by atoms with Crippen molar-refractivity contribution in [2.24, 2.45) is 11.8 Å².